The average molecular weight is 271 g/mol. The molecule has 0 fully saturated rings. The minimum Gasteiger partial charge on any atom is -0.384 e. The summed E-state index contributed by atoms with van der Waals surface area (Å²) in [7, 11) is 0. The third-order valence-corrected chi connectivity index (χ3v) is 2.17. The van der Waals surface area contributed by atoms with Gasteiger partial charge in [-0.2, -0.15) is 12.6 Å². The Balaban J connectivity index is 0.000000461. The number of thiol groups is 1. The molecule has 2 N–H and O–H groups in total. The number of aromatic nitrogens is 1. The first kappa shape index (κ1) is 11.3. The van der Waals surface area contributed by atoms with Crippen LogP contribution in [0.2, 0.25) is 0 Å². The molecule has 0 saturated heterocycles. The lowest BCUT2D eigenvalue weighted by molar-refractivity contribution is 1.41. The molecular weight excluding hydrogens is 260 g/mol. The van der Waals surface area contributed by atoms with Gasteiger partial charge in [0.1, 0.15) is 5.82 Å². The largest absolute Gasteiger partial charge is 0.384 e. The Hall–Kier alpha value is -0.740. The fourth-order valence-corrected chi connectivity index (χ4v) is 1.49. The van der Waals surface area contributed by atoms with E-state index >= 15 is 0 Å². The van der Waals surface area contributed by atoms with E-state index in [-0.39, 0.29) is 0 Å². The zero-order chi connectivity index (χ0) is 10.6. The zero-order valence-corrected chi connectivity index (χ0v) is 10.2. The quantitative estimate of drug-likeness (QED) is 0.722. The van der Waals surface area contributed by atoms with Crippen LogP contribution in [-0.2, 0) is 0 Å². The van der Waals surface area contributed by atoms with Crippen molar-refractivity contribution in [1.29, 1.82) is 0 Å². The number of nitrogens with two attached hydrogens (primary N) is 1. The van der Waals surface area contributed by atoms with Gasteiger partial charge < -0.3 is 5.73 Å². The molecule has 0 aliphatic heterocycles. The molecule has 0 atom stereocenters. The summed E-state index contributed by atoms with van der Waals surface area (Å²) in [5.41, 5.74) is 6.47. The number of nitrogens with zero attached hydrogens (tertiary/aromatic N) is 1. The Morgan fingerprint density at radius 1 is 1.21 bits per heavy atom. The van der Waals surface area contributed by atoms with Crippen LogP contribution in [0.4, 0.5) is 5.82 Å². The molecule has 74 valence electrons. The minimum absolute atomic E-state index is 0.560. The number of anilines is 1. The maximum atomic E-state index is 5.54. The third kappa shape index (κ3) is 2.62. The van der Waals surface area contributed by atoms with Gasteiger partial charge in [-0.15, -0.1) is 0 Å². The summed E-state index contributed by atoms with van der Waals surface area (Å²) >= 11 is 6.92. The highest BCUT2D eigenvalue weighted by Crippen LogP contribution is 2.18. The maximum Gasteiger partial charge on any atom is 0.124 e. The predicted molar refractivity (Wildman–Crippen MR) is 68.8 cm³/mol. The second kappa shape index (κ2) is 5.22. The number of fused-ring (bicyclic) bond motifs is 1. The summed E-state index contributed by atoms with van der Waals surface area (Å²) < 4.78 is 1.06. The minimum atomic E-state index is 0.560. The number of hydrogen-bond donors (Lipinski definition) is 2. The van der Waals surface area contributed by atoms with Gasteiger partial charge in [0, 0.05) is 9.86 Å². The Kier molecular flexibility index (Phi) is 4.22. The van der Waals surface area contributed by atoms with Crippen molar-refractivity contribution in [1.82, 2.24) is 4.98 Å². The van der Waals surface area contributed by atoms with Gasteiger partial charge in [0.15, 0.2) is 0 Å². The second-order valence-electron chi connectivity index (χ2n) is 2.57. The van der Waals surface area contributed by atoms with Crippen LogP contribution in [0.15, 0.2) is 34.8 Å². The summed E-state index contributed by atoms with van der Waals surface area (Å²) in [4.78, 5) is 4.17. The van der Waals surface area contributed by atoms with Gasteiger partial charge in [0.05, 0.1) is 5.52 Å². The maximum absolute atomic E-state index is 5.54. The first-order chi connectivity index (χ1) is 6.75. The SMILES string of the molecule is CS.Nc1ccc2cc(Br)ccc2n1. The number of benzene rings is 1. The van der Waals surface area contributed by atoms with Crippen LogP contribution in [0.3, 0.4) is 0 Å². The Labute approximate surface area is 97.1 Å². The first-order valence-electron chi connectivity index (χ1n) is 4.02. The number of nitrogen functional groups attached to an aromatic ring is 1. The summed E-state index contributed by atoms with van der Waals surface area (Å²) in [5.74, 6) is 0.560. The lowest BCUT2D eigenvalue weighted by atomic mass is 10.2. The molecule has 1 aromatic carbocycles. The normalized spacial score (nSPS) is 9.36. The topological polar surface area (TPSA) is 38.9 Å². The summed E-state index contributed by atoms with van der Waals surface area (Å²) in [5, 5.41) is 1.10. The van der Waals surface area contributed by atoms with Gasteiger partial charge in [-0.05, 0) is 36.6 Å². The molecule has 2 rings (SSSR count). The van der Waals surface area contributed by atoms with Crippen molar-refractivity contribution in [2.24, 2.45) is 0 Å². The van der Waals surface area contributed by atoms with Crippen LogP contribution in [0.5, 0.6) is 0 Å². The number of pyridine rings is 1. The number of hydrogen-bond acceptors (Lipinski definition) is 3. The van der Waals surface area contributed by atoms with Crippen molar-refractivity contribution in [3.63, 3.8) is 0 Å². The average Bonchev–Trinajstić information content (AvgIpc) is 2.21. The van der Waals surface area contributed by atoms with Crippen molar-refractivity contribution >= 4 is 45.3 Å². The Bertz CT molecular complexity index is 390. The van der Waals surface area contributed by atoms with E-state index in [1.165, 1.54) is 0 Å². The van der Waals surface area contributed by atoms with E-state index in [1.54, 1.807) is 12.3 Å². The van der Waals surface area contributed by atoms with Crippen molar-refractivity contribution in [2.45, 2.75) is 0 Å². The van der Waals surface area contributed by atoms with Gasteiger partial charge in [0.2, 0.25) is 0 Å². The van der Waals surface area contributed by atoms with Gasteiger partial charge in [-0.3, -0.25) is 0 Å². The van der Waals surface area contributed by atoms with Crippen molar-refractivity contribution in [3.05, 3.63) is 34.8 Å². The van der Waals surface area contributed by atoms with Crippen LogP contribution in [0.25, 0.3) is 10.9 Å². The molecule has 0 amide bonds. The van der Waals surface area contributed by atoms with E-state index in [1.807, 2.05) is 24.3 Å². The summed E-state index contributed by atoms with van der Waals surface area (Å²) in [6.45, 7) is 0. The van der Waals surface area contributed by atoms with Crippen molar-refractivity contribution < 1.29 is 0 Å². The molecule has 0 radical (unpaired) electrons. The first-order valence-corrected chi connectivity index (χ1v) is 5.71. The van der Waals surface area contributed by atoms with E-state index in [9.17, 15) is 0 Å². The lowest BCUT2D eigenvalue weighted by Gasteiger charge is -1.98. The highest BCUT2D eigenvalue weighted by atomic mass is 79.9. The monoisotopic (exact) mass is 270 g/mol. The van der Waals surface area contributed by atoms with E-state index in [4.69, 9.17) is 5.73 Å². The fraction of sp³-hybridized carbons (Fsp3) is 0.100. The van der Waals surface area contributed by atoms with E-state index < -0.39 is 0 Å². The van der Waals surface area contributed by atoms with Crippen LogP contribution in [0, 0.1) is 0 Å². The standard InChI is InChI=1S/C9H7BrN2.CH4S/c10-7-2-3-8-6(5-7)1-4-9(11)12-8;1-2/h1-5H,(H2,11,12);2H,1H3. The predicted octanol–water partition coefficient (Wildman–Crippen LogP) is 3.13. The summed E-state index contributed by atoms with van der Waals surface area (Å²) in [6, 6.07) is 9.67. The van der Waals surface area contributed by atoms with Crippen molar-refractivity contribution in [3.8, 4) is 0 Å². The smallest absolute Gasteiger partial charge is 0.124 e. The molecule has 14 heavy (non-hydrogen) atoms. The van der Waals surface area contributed by atoms with E-state index in [0.29, 0.717) is 5.82 Å². The van der Waals surface area contributed by atoms with Gasteiger partial charge >= 0.3 is 0 Å². The molecule has 2 nitrogen and oxygen atoms in total. The van der Waals surface area contributed by atoms with Crippen LogP contribution in [0.1, 0.15) is 0 Å². The molecule has 1 heterocycles. The second-order valence-corrected chi connectivity index (χ2v) is 3.49. The Morgan fingerprint density at radius 3 is 2.64 bits per heavy atom. The molecule has 0 aliphatic rings. The summed E-state index contributed by atoms with van der Waals surface area (Å²) in [6.07, 6.45) is 1.69. The Morgan fingerprint density at radius 2 is 1.93 bits per heavy atom. The van der Waals surface area contributed by atoms with Crippen LogP contribution < -0.4 is 5.73 Å². The van der Waals surface area contributed by atoms with Gasteiger partial charge in [-0.1, -0.05) is 15.9 Å². The van der Waals surface area contributed by atoms with Crippen molar-refractivity contribution in [2.75, 3.05) is 12.0 Å². The van der Waals surface area contributed by atoms with Gasteiger partial charge in [0.25, 0.3) is 0 Å². The highest BCUT2D eigenvalue weighted by Gasteiger charge is 1.95. The number of halogens is 1. The van der Waals surface area contributed by atoms with E-state index in [2.05, 4.69) is 33.5 Å². The molecule has 4 heteroatoms. The third-order valence-electron chi connectivity index (χ3n) is 1.67. The number of rotatable bonds is 0. The van der Waals surface area contributed by atoms with Gasteiger partial charge in [-0.25, -0.2) is 4.98 Å². The zero-order valence-electron chi connectivity index (χ0n) is 7.74. The van der Waals surface area contributed by atoms with Crippen LogP contribution in [-0.4, -0.2) is 11.2 Å². The van der Waals surface area contributed by atoms with Crippen LogP contribution >= 0.6 is 28.6 Å². The molecule has 0 bridgehead atoms. The molecule has 0 saturated carbocycles. The fourth-order valence-electron chi connectivity index (χ4n) is 1.11. The molecule has 0 unspecified atom stereocenters. The lowest BCUT2D eigenvalue weighted by Crippen LogP contribution is -1.88. The van der Waals surface area contributed by atoms with E-state index in [0.717, 1.165) is 15.4 Å². The molecule has 0 spiro atoms. The highest BCUT2D eigenvalue weighted by molar-refractivity contribution is 9.10. The molecule has 0 aliphatic carbocycles. The molecule has 1 aromatic heterocycles. The molecular formula is C10H11BrN2S. The molecule has 2 aromatic rings.